The highest BCUT2D eigenvalue weighted by atomic mass is 19.3. The first kappa shape index (κ1) is 22.4. The van der Waals surface area contributed by atoms with E-state index in [1.807, 2.05) is 0 Å². The third-order valence-corrected chi connectivity index (χ3v) is 5.62. The molecule has 1 fully saturated rings. The molecule has 0 aliphatic heterocycles. The Balaban J connectivity index is 1.61. The van der Waals surface area contributed by atoms with Crippen molar-refractivity contribution in [3.8, 4) is 11.5 Å². The van der Waals surface area contributed by atoms with Gasteiger partial charge in [0, 0.05) is 12.1 Å². The topological polar surface area (TPSA) is 18.5 Å². The molecule has 0 aromatic heterocycles. The predicted molar refractivity (Wildman–Crippen MR) is 104 cm³/mol. The standard InChI is InChI=1S/C23H25F5O2/c1-2-3-15-4-6-16(7-5-15)17-8-10-18(11-9-17)23(27,28)30-19-12-20(25)22(29-14-24)21(26)13-19/h4-7,12-13,17-18H,2-3,8-11,14H2,1H3. The average Bonchev–Trinajstić information content (AvgIpc) is 2.71. The molecule has 1 saturated carbocycles. The third kappa shape index (κ3) is 5.24. The van der Waals surface area contributed by atoms with Gasteiger partial charge in [-0.2, -0.15) is 8.78 Å². The second-order valence-corrected chi connectivity index (χ2v) is 7.67. The summed E-state index contributed by atoms with van der Waals surface area (Å²) in [6, 6.07) is 9.45. The van der Waals surface area contributed by atoms with E-state index in [1.54, 1.807) is 0 Å². The number of ether oxygens (including phenoxy) is 2. The summed E-state index contributed by atoms with van der Waals surface area (Å²) < 4.78 is 77.8. The fourth-order valence-corrected chi connectivity index (χ4v) is 4.04. The number of hydrogen-bond donors (Lipinski definition) is 0. The van der Waals surface area contributed by atoms with E-state index in [-0.39, 0.29) is 18.8 Å². The van der Waals surface area contributed by atoms with Gasteiger partial charge in [0.2, 0.25) is 6.86 Å². The van der Waals surface area contributed by atoms with Crippen molar-refractivity contribution >= 4 is 0 Å². The highest BCUT2D eigenvalue weighted by Crippen LogP contribution is 2.43. The van der Waals surface area contributed by atoms with E-state index in [4.69, 9.17) is 0 Å². The summed E-state index contributed by atoms with van der Waals surface area (Å²) in [4.78, 5) is 0. The van der Waals surface area contributed by atoms with Gasteiger partial charge in [-0.25, -0.2) is 13.2 Å². The molecule has 1 aliphatic carbocycles. The van der Waals surface area contributed by atoms with Crippen LogP contribution >= 0.6 is 0 Å². The first-order chi connectivity index (χ1) is 14.3. The molecule has 2 aromatic rings. The molecule has 0 radical (unpaired) electrons. The van der Waals surface area contributed by atoms with Crippen LogP contribution in [0.4, 0.5) is 22.0 Å². The zero-order chi connectivity index (χ0) is 21.7. The summed E-state index contributed by atoms with van der Waals surface area (Å²) in [6.07, 6.45) is 0.158. The third-order valence-electron chi connectivity index (χ3n) is 5.62. The van der Waals surface area contributed by atoms with Gasteiger partial charge in [0.15, 0.2) is 17.4 Å². The van der Waals surface area contributed by atoms with Crippen molar-refractivity contribution in [1.29, 1.82) is 0 Å². The summed E-state index contributed by atoms with van der Waals surface area (Å²) in [5.41, 5.74) is 2.40. The van der Waals surface area contributed by atoms with Gasteiger partial charge < -0.3 is 9.47 Å². The highest BCUT2D eigenvalue weighted by Gasteiger charge is 2.44. The van der Waals surface area contributed by atoms with Crippen molar-refractivity contribution in [2.75, 3.05) is 6.86 Å². The van der Waals surface area contributed by atoms with Crippen molar-refractivity contribution in [3.63, 3.8) is 0 Å². The normalized spacial score (nSPS) is 19.5. The summed E-state index contributed by atoms with van der Waals surface area (Å²) in [6.45, 7) is 0.682. The molecule has 0 N–H and O–H groups in total. The van der Waals surface area contributed by atoms with Crippen LogP contribution in [0.1, 0.15) is 56.1 Å². The molecule has 7 heteroatoms. The first-order valence-corrected chi connectivity index (χ1v) is 10.2. The van der Waals surface area contributed by atoms with Crippen LogP contribution in [0.3, 0.4) is 0 Å². The zero-order valence-corrected chi connectivity index (χ0v) is 16.8. The molecular weight excluding hydrogens is 403 g/mol. The monoisotopic (exact) mass is 428 g/mol. The van der Waals surface area contributed by atoms with Gasteiger partial charge in [-0.3, -0.25) is 0 Å². The van der Waals surface area contributed by atoms with Crippen LogP contribution in [0.5, 0.6) is 11.5 Å². The molecule has 2 nitrogen and oxygen atoms in total. The average molecular weight is 428 g/mol. The van der Waals surface area contributed by atoms with E-state index in [9.17, 15) is 22.0 Å². The second-order valence-electron chi connectivity index (χ2n) is 7.67. The SMILES string of the molecule is CCCc1ccc(C2CCC(C(F)(F)Oc3cc(F)c(OCF)c(F)c3)CC2)cc1. The maximum absolute atomic E-state index is 14.6. The molecule has 0 saturated heterocycles. The van der Waals surface area contributed by atoms with Gasteiger partial charge in [0.05, 0.1) is 5.92 Å². The number of halogens is 5. The van der Waals surface area contributed by atoms with E-state index in [1.165, 1.54) is 5.56 Å². The van der Waals surface area contributed by atoms with E-state index in [2.05, 4.69) is 40.7 Å². The van der Waals surface area contributed by atoms with Crippen LogP contribution in [0, 0.1) is 17.6 Å². The Labute approximate surface area is 173 Å². The molecule has 0 unspecified atom stereocenters. The molecule has 164 valence electrons. The molecule has 30 heavy (non-hydrogen) atoms. The van der Waals surface area contributed by atoms with Crippen LogP contribution in [0.2, 0.25) is 0 Å². The summed E-state index contributed by atoms with van der Waals surface area (Å²) in [5, 5.41) is 0. The molecule has 0 spiro atoms. The minimum Gasteiger partial charge on any atom is -0.457 e. The Bertz CT molecular complexity index is 807. The zero-order valence-electron chi connectivity index (χ0n) is 16.8. The molecule has 0 amide bonds. The Morgan fingerprint density at radius 3 is 2.10 bits per heavy atom. The number of alkyl halides is 3. The van der Waals surface area contributed by atoms with Crippen LogP contribution in [0.25, 0.3) is 0 Å². The summed E-state index contributed by atoms with van der Waals surface area (Å²) >= 11 is 0. The lowest BCUT2D eigenvalue weighted by Gasteiger charge is -2.33. The summed E-state index contributed by atoms with van der Waals surface area (Å²) in [5.74, 6) is -5.06. The van der Waals surface area contributed by atoms with Gasteiger partial charge in [-0.15, -0.1) is 0 Å². The maximum Gasteiger partial charge on any atom is 0.400 e. The van der Waals surface area contributed by atoms with Gasteiger partial charge in [0.25, 0.3) is 0 Å². The van der Waals surface area contributed by atoms with E-state index in [0.717, 1.165) is 18.4 Å². The molecular formula is C23H25F5O2. The largest absolute Gasteiger partial charge is 0.457 e. The van der Waals surface area contributed by atoms with Crippen LogP contribution in [-0.2, 0) is 6.42 Å². The molecule has 2 aromatic carbocycles. The maximum atomic E-state index is 14.6. The Kier molecular flexibility index (Phi) is 7.21. The van der Waals surface area contributed by atoms with Gasteiger partial charge in [0.1, 0.15) is 5.75 Å². The lowest BCUT2D eigenvalue weighted by atomic mass is 9.78. The summed E-state index contributed by atoms with van der Waals surface area (Å²) in [7, 11) is 0. The van der Waals surface area contributed by atoms with Crippen molar-refractivity contribution in [3.05, 3.63) is 59.2 Å². The lowest BCUT2D eigenvalue weighted by molar-refractivity contribution is -0.222. The van der Waals surface area contributed by atoms with Gasteiger partial charge in [-0.1, -0.05) is 37.6 Å². The Morgan fingerprint density at radius 1 is 0.967 bits per heavy atom. The number of hydrogen-bond acceptors (Lipinski definition) is 2. The van der Waals surface area contributed by atoms with E-state index >= 15 is 0 Å². The van der Waals surface area contributed by atoms with Crippen LogP contribution in [0.15, 0.2) is 36.4 Å². The number of benzene rings is 2. The molecule has 1 aliphatic rings. The molecule has 0 bridgehead atoms. The Morgan fingerprint density at radius 2 is 1.57 bits per heavy atom. The Hall–Kier alpha value is -2.31. The smallest absolute Gasteiger partial charge is 0.400 e. The van der Waals surface area contributed by atoms with Crippen LogP contribution in [-0.4, -0.2) is 13.0 Å². The van der Waals surface area contributed by atoms with E-state index in [0.29, 0.717) is 25.0 Å². The minimum atomic E-state index is -3.57. The second kappa shape index (κ2) is 9.67. The first-order valence-electron chi connectivity index (χ1n) is 10.2. The van der Waals surface area contributed by atoms with Crippen molar-refractivity contribution in [1.82, 2.24) is 0 Å². The lowest BCUT2D eigenvalue weighted by Crippen LogP contribution is -2.37. The fourth-order valence-electron chi connectivity index (χ4n) is 4.04. The number of rotatable bonds is 8. The predicted octanol–water partition coefficient (Wildman–Crippen LogP) is 7.17. The van der Waals surface area contributed by atoms with Gasteiger partial charge >= 0.3 is 6.11 Å². The molecule has 0 heterocycles. The van der Waals surface area contributed by atoms with Crippen molar-refractivity contribution < 1.29 is 31.4 Å². The van der Waals surface area contributed by atoms with Gasteiger partial charge in [-0.05, 0) is 49.1 Å². The molecule has 3 rings (SSSR count). The minimum absolute atomic E-state index is 0.208. The highest BCUT2D eigenvalue weighted by molar-refractivity contribution is 5.35. The fraction of sp³-hybridized carbons (Fsp3) is 0.478. The van der Waals surface area contributed by atoms with Crippen molar-refractivity contribution in [2.45, 2.75) is 57.5 Å². The molecule has 0 atom stereocenters. The van der Waals surface area contributed by atoms with Crippen molar-refractivity contribution in [2.24, 2.45) is 5.92 Å². The quantitative estimate of drug-likeness (QED) is 0.415. The number of aryl methyl sites for hydroxylation is 1. The van der Waals surface area contributed by atoms with Crippen LogP contribution < -0.4 is 9.47 Å². The van der Waals surface area contributed by atoms with E-state index < -0.39 is 42.0 Å².